The van der Waals surface area contributed by atoms with Crippen molar-refractivity contribution in [2.75, 3.05) is 0 Å². The fourth-order valence-corrected chi connectivity index (χ4v) is 3.39. The topological polar surface area (TPSA) is 79.8 Å². The third-order valence-electron chi connectivity index (χ3n) is 5.31. The van der Waals surface area contributed by atoms with Crippen LogP contribution in [0, 0.1) is 37.0 Å². The minimum atomic E-state index is -0.309. The van der Waals surface area contributed by atoms with E-state index in [1.54, 1.807) is 0 Å². The predicted molar refractivity (Wildman–Crippen MR) is 132 cm³/mol. The molecule has 0 bridgehead atoms. The van der Waals surface area contributed by atoms with Crippen molar-refractivity contribution in [2.24, 2.45) is 11.3 Å². The molecule has 0 aliphatic carbocycles. The van der Waals surface area contributed by atoms with Crippen molar-refractivity contribution in [1.29, 1.82) is 0 Å². The van der Waals surface area contributed by atoms with E-state index >= 15 is 0 Å². The Morgan fingerprint density at radius 3 is 2.39 bits per heavy atom. The van der Waals surface area contributed by atoms with E-state index in [2.05, 4.69) is 48.0 Å². The molecular weight excluding hydrogens is 412 g/mol. The van der Waals surface area contributed by atoms with Crippen molar-refractivity contribution in [3.63, 3.8) is 0 Å². The van der Waals surface area contributed by atoms with E-state index in [4.69, 9.17) is 0 Å². The molecule has 0 aliphatic rings. The Bertz CT molecular complexity index is 1280. The van der Waals surface area contributed by atoms with Gasteiger partial charge in [-0.25, -0.2) is 4.79 Å². The second kappa shape index (κ2) is 9.50. The van der Waals surface area contributed by atoms with Crippen molar-refractivity contribution >= 4 is 5.91 Å². The Balaban J connectivity index is 1.93. The zero-order chi connectivity index (χ0) is 24.3. The van der Waals surface area contributed by atoms with Crippen LogP contribution in [-0.4, -0.2) is 20.7 Å². The summed E-state index contributed by atoms with van der Waals surface area (Å²) in [4.78, 5) is 27.6. The maximum Gasteiger partial charge on any atom is 0.348 e. The van der Waals surface area contributed by atoms with Gasteiger partial charge in [-0.05, 0) is 75.6 Å². The number of amides is 1. The lowest BCUT2D eigenvalue weighted by Crippen LogP contribution is -2.27. The van der Waals surface area contributed by atoms with Gasteiger partial charge in [0.1, 0.15) is 0 Å². The van der Waals surface area contributed by atoms with E-state index in [0.29, 0.717) is 18.1 Å². The molecule has 0 saturated heterocycles. The summed E-state index contributed by atoms with van der Waals surface area (Å²) in [7, 11) is 0. The number of carbonyl (C=O) groups is 1. The normalized spacial score (nSPS) is 11.3. The molecule has 3 rings (SSSR count). The average Bonchev–Trinajstić information content (AvgIpc) is 3.12. The second-order valence-corrected chi connectivity index (χ2v) is 9.65. The molecule has 0 fully saturated rings. The summed E-state index contributed by atoms with van der Waals surface area (Å²) in [6, 6.07) is 11.5. The number of carbonyl (C=O) groups excluding carboxylic acids is 1. The van der Waals surface area contributed by atoms with Crippen LogP contribution < -0.4 is 11.0 Å². The smallest absolute Gasteiger partial charge is 0.348 e. The minimum Gasteiger partial charge on any atom is -0.352 e. The van der Waals surface area contributed by atoms with E-state index < -0.39 is 0 Å². The van der Waals surface area contributed by atoms with E-state index in [9.17, 15) is 9.59 Å². The summed E-state index contributed by atoms with van der Waals surface area (Å²) in [6.45, 7) is 14.3. The van der Waals surface area contributed by atoms with Crippen LogP contribution in [0.2, 0.25) is 0 Å². The molecule has 0 saturated carbocycles. The van der Waals surface area contributed by atoms with Gasteiger partial charge >= 0.3 is 5.69 Å². The highest BCUT2D eigenvalue weighted by atomic mass is 16.2. The van der Waals surface area contributed by atoms with Gasteiger partial charge in [-0.3, -0.25) is 9.78 Å². The number of H-pyrrole nitrogens is 1. The molecular formula is C27H32N4O2. The zero-order valence-corrected chi connectivity index (χ0v) is 20.5. The van der Waals surface area contributed by atoms with E-state index in [-0.39, 0.29) is 22.9 Å². The van der Waals surface area contributed by atoms with Gasteiger partial charge in [0.15, 0.2) is 5.82 Å². The molecule has 1 heterocycles. The number of aryl methyl sites for hydroxylation is 1. The molecule has 0 radical (unpaired) electrons. The van der Waals surface area contributed by atoms with Crippen LogP contribution in [0.3, 0.4) is 0 Å². The summed E-state index contributed by atoms with van der Waals surface area (Å²) in [5, 5.41) is 7.53. The summed E-state index contributed by atoms with van der Waals surface area (Å²) >= 11 is 0. The molecule has 0 atom stereocenters. The largest absolute Gasteiger partial charge is 0.352 e. The lowest BCUT2D eigenvalue weighted by molar-refractivity contribution is -0.124. The van der Waals surface area contributed by atoms with E-state index in [1.165, 1.54) is 4.68 Å². The fourth-order valence-electron chi connectivity index (χ4n) is 3.39. The standard InChI is InChI=1S/C27H32N4O2/c1-17(2)25(32)28-16-21-11-8-18(3)23(19(21)4)24-29-26(33)31(30-24)22-12-9-20(10-13-22)14-15-27(5,6)7/h8-13,17H,16H2,1-7H3,(H,28,32)(H,29,30,33). The maximum atomic E-state index is 12.7. The van der Waals surface area contributed by atoms with Gasteiger partial charge in [0.2, 0.25) is 5.91 Å². The first-order valence-corrected chi connectivity index (χ1v) is 11.2. The Kier molecular flexibility index (Phi) is 6.92. The summed E-state index contributed by atoms with van der Waals surface area (Å²) in [5.41, 5.74) is 5.01. The van der Waals surface area contributed by atoms with Crippen molar-refractivity contribution in [2.45, 2.75) is 55.0 Å². The number of nitrogens with one attached hydrogen (secondary N) is 2. The maximum absolute atomic E-state index is 12.7. The number of hydrogen-bond donors (Lipinski definition) is 2. The average molecular weight is 445 g/mol. The predicted octanol–water partition coefficient (Wildman–Crippen LogP) is 4.51. The molecule has 0 unspecified atom stereocenters. The van der Waals surface area contributed by atoms with Gasteiger partial charge in [0.25, 0.3) is 0 Å². The van der Waals surface area contributed by atoms with Crippen molar-refractivity contribution in [3.8, 4) is 28.9 Å². The van der Waals surface area contributed by atoms with Gasteiger partial charge in [0, 0.05) is 29.0 Å². The fraction of sp³-hybridized carbons (Fsp3) is 0.370. The van der Waals surface area contributed by atoms with Crippen LogP contribution >= 0.6 is 0 Å². The number of aromatic amines is 1. The first-order chi connectivity index (χ1) is 15.5. The number of nitrogens with zero attached hydrogens (tertiary/aromatic N) is 2. The number of benzene rings is 2. The van der Waals surface area contributed by atoms with Gasteiger partial charge < -0.3 is 5.32 Å². The summed E-state index contributed by atoms with van der Waals surface area (Å²) in [5.74, 6) is 6.80. The van der Waals surface area contributed by atoms with Gasteiger partial charge in [-0.2, -0.15) is 4.68 Å². The number of hydrogen-bond acceptors (Lipinski definition) is 3. The van der Waals surface area contributed by atoms with Crippen LogP contribution in [0.5, 0.6) is 0 Å². The molecule has 1 amide bonds. The minimum absolute atomic E-state index is 0.00449. The van der Waals surface area contributed by atoms with E-state index in [0.717, 1.165) is 27.8 Å². The molecule has 0 spiro atoms. The highest BCUT2D eigenvalue weighted by molar-refractivity contribution is 5.78. The van der Waals surface area contributed by atoms with Gasteiger partial charge in [0.05, 0.1) is 5.69 Å². The SMILES string of the molecule is Cc1ccc(CNC(=O)C(C)C)c(C)c1-c1nn(-c2ccc(C#CC(C)(C)C)cc2)c(=O)[nH]1. The molecule has 3 aromatic rings. The van der Waals surface area contributed by atoms with Gasteiger partial charge in [-0.15, -0.1) is 5.10 Å². The molecule has 6 nitrogen and oxygen atoms in total. The van der Waals surface area contributed by atoms with Crippen molar-refractivity contribution < 1.29 is 4.79 Å². The molecule has 2 N–H and O–H groups in total. The zero-order valence-electron chi connectivity index (χ0n) is 20.5. The number of rotatable bonds is 5. The third-order valence-corrected chi connectivity index (χ3v) is 5.31. The van der Waals surface area contributed by atoms with Crippen LogP contribution in [0.25, 0.3) is 17.1 Å². The van der Waals surface area contributed by atoms with Crippen LogP contribution in [0.1, 0.15) is 56.9 Å². The highest BCUT2D eigenvalue weighted by Gasteiger charge is 2.16. The molecule has 0 aliphatic heterocycles. The van der Waals surface area contributed by atoms with Crippen LogP contribution in [-0.2, 0) is 11.3 Å². The summed E-state index contributed by atoms with van der Waals surface area (Å²) in [6.07, 6.45) is 0. The monoisotopic (exact) mass is 444 g/mol. The van der Waals surface area contributed by atoms with Crippen LogP contribution in [0.15, 0.2) is 41.2 Å². The Hall–Kier alpha value is -3.59. The van der Waals surface area contributed by atoms with Crippen molar-refractivity contribution in [3.05, 3.63) is 69.1 Å². The first kappa shape index (κ1) is 24.1. The molecule has 1 aromatic heterocycles. The molecule has 33 heavy (non-hydrogen) atoms. The molecule has 172 valence electrons. The Morgan fingerprint density at radius 2 is 1.79 bits per heavy atom. The van der Waals surface area contributed by atoms with Crippen molar-refractivity contribution in [1.82, 2.24) is 20.1 Å². The van der Waals surface area contributed by atoms with E-state index in [1.807, 2.05) is 64.1 Å². The Labute approximate surface area is 195 Å². The highest BCUT2D eigenvalue weighted by Crippen LogP contribution is 2.27. The van der Waals surface area contributed by atoms with Gasteiger partial charge in [-0.1, -0.05) is 37.8 Å². The third kappa shape index (κ3) is 5.81. The number of aromatic nitrogens is 3. The first-order valence-electron chi connectivity index (χ1n) is 11.2. The Morgan fingerprint density at radius 1 is 1.12 bits per heavy atom. The lowest BCUT2D eigenvalue weighted by Gasteiger charge is -2.14. The second-order valence-electron chi connectivity index (χ2n) is 9.65. The summed E-state index contributed by atoms with van der Waals surface area (Å²) < 4.78 is 1.36. The quantitative estimate of drug-likeness (QED) is 0.568. The molecule has 6 heteroatoms. The molecule has 2 aromatic carbocycles. The lowest BCUT2D eigenvalue weighted by atomic mass is 9.97. The van der Waals surface area contributed by atoms with Crippen LogP contribution in [0.4, 0.5) is 0 Å².